The first kappa shape index (κ1) is 21.3. The van der Waals surface area contributed by atoms with Crippen molar-refractivity contribution in [2.24, 2.45) is 0 Å². The standard InChI is InChI=1S/C22H26BrN3O3S/c23-18-8-10-19(11-9-18)24-30(28,29)21-7-3-4-17(16-21)22(27)26-14-12-25(13-15-26)20-5-1-2-6-20/h3-4,7-11,16,20,24H,1-2,5-6,12-15H2. The first-order valence-corrected chi connectivity index (χ1v) is 12.6. The second kappa shape index (κ2) is 9.08. The second-order valence-electron chi connectivity index (χ2n) is 7.91. The number of carbonyl (C=O) groups is 1. The van der Waals surface area contributed by atoms with E-state index < -0.39 is 10.0 Å². The number of hydrogen-bond donors (Lipinski definition) is 1. The van der Waals surface area contributed by atoms with Gasteiger partial charge >= 0.3 is 0 Å². The van der Waals surface area contributed by atoms with Crippen LogP contribution in [0.25, 0.3) is 0 Å². The average Bonchev–Trinajstić information content (AvgIpc) is 3.30. The van der Waals surface area contributed by atoms with Gasteiger partial charge in [0, 0.05) is 47.9 Å². The predicted molar refractivity (Wildman–Crippen MR) is 121 cm³/mol. The number of benzene rings is 2. The number of nitrogens with one attached hydrogen (secondary N) is 1. The molecule has 4 rings (SSSR count). The van der Waals surface area contributed by atoms with Crippen molar-refractivity contribution in [1.29, 1.82) is 0 Å². The van der Waals surface area contributed by atoms with E-state index in [-0.39, 0.29) is 10.8 Å². The van der Waals surface area contributed by atoms with Crippen molar-refractivity contribution in [2.75, 3.05) is 30.9 Å². The summed E-state index contributed by atoms with van der Waals surface area (Å²) in [5.74, 6) is -0.109. The van der Waals surface area contributed by atoms with E-state index in [2.05, 4.69) is 25.6 Å². The predicted octanol–water partition coefficient (Wildman–Crippen LogP) is 3.95. The number of carbonyl (C=O) groups excluding carboxylic acids is 1. The lowest BCUT2D eigenvalue weighted by atomic mass is 10.1. The van der Waals surface area contributed by atoms with Crippen molar-refractivity contribution in [2.45, 2.75) is 36.6 Å². The van der Waals surface area contributed by atoms with Gasteiger partial charge in [0.05, 0.1) is 4.90 Å². The average molecular weight is 492 g/mol. The van der Waals surface area contributed by atoms with Crippen molar-refractivity contribution < 1.29 is 13.2 Å². The van der Waals surface area contributed by atoms with Crippen LogP contribution in [0.2, 0.25) is 0 Å². The highest BCUT2D eigenvalue weighted by Crippen LogP contribution is 2.25. The summed E-state index contributed by atoms with van der Waals surface area (Å²) in [6.07, 6.45) is 5.14. The largest absolute Gasteiger partial charge is 0.336 e. The lowest BCUT2D eigenvalue weighted by Gasteiger charge is -2.38. The van der Waals surface area contributed by atoms with Crippen molar-refractivity contribution in [3.63, 3.8) is 0 Å². The third-order valence-electron chi connectivity index (χ3n) is 5.93. The normalized spacial score (nSPS) is 18.5. The van der Waals surface area contributed by atoms with Crippen LogP contribution in [0.1, 0.15) is 36.0 Å². The van der Waals surface area contributed by atoms with E-state index in [4.69, 9.17) is 0 Å². The third-order valence-corrected chi connectivity index (χ3v) is 7.84. The molecule has 30 heavy (non-hydrogen) atoms. The maximum absolute atomic E-state index is 13.0. The van der Waals surface area contributed by atoms with E-state index in [1.165, 1.54) is 37.8 Å². The Labute approximate surface area is 186 Å². The number of amides is 1. The highest BCUT2D eigenvalue weighted by molar-refractivity contribution is 9.10. The molecule has 0 atom stereocenters. The molecule has 0 bridgehead atoms. The van der Waals surface area contributed by atoms with Gasteiger partial charge in [-0.2, -0.15) is 0 Å². The van der Waals surface area contributed by atoms with E-state index in [9.17, 15) is 13.2 Å². The monoisotopic (exact) mass is 491 g/mol. The van der Waals surface area contributed by atoms with Crippen LogP contribution in [0.4, 0.5) is 5.69 Å². The van der Waals surface area contributed by atoms with E-state index in [0.29, 0.717) is 30.4 Å². The summed E-state index contributed by atoms with van der Waals surface area (Å²) in [4.78, 5) is 17.4. The minimum Gasteiger partial charge on any atom is -0.336 e. The van der Waals surface area contributed by atoms with E-state index in [1.807, 2.05) is 4.90 Å². The maximum Gasteiger partial charge on any atom is 0.261 e. The first-order chi connectivity index (χ1) is 14.4. The SMILES string of the molecule is O=C(c1cccc(S(=O)(=O)Nc2ccc(Br)cc2)c1)N1CCN(C2CCCC2)CC1. The van der Waals surface area contributed by atoms with E-state index in [0.717, 1.165) is 17.6 Å². The molecular formula is C22H26BrN3O3S. The van der Waals surface area contributed by atoms with Crippen LogP contribution in [0.5, 0.6) is 0 Å². The number of piperazine rings is 1. The minimum atomic E-state index is -3.78. The number of nitrogens with zero attached hydrogens (tertiary/aromatic N) is 2. The molecule has 0 aromatic heterocycles. The molecule has 0 unspecified atom stereocenters. The number of sulfonamides is 1. The Kier molecular flexibility index (Phi) is 6.46. The Balaban J connectivity index is 1.43. The van der Waals surface area contributed by atoms with Crippen molar-refractivity contribution in [3.05, 3.63) is 58.6 Å². The lowest BCUT2D eigenvalue weighted by molar-refractivity contribution is 0.0573. The minimum absolute atomic E-state index is 0.0841. The molecule has 2 aliphatic rings. The van der Waals surface area contributed by atoms with Crippen molar-refractivity contribution >= 4 is 37.5 Å². The zero-order chi connectivity index (χ0) is 21.1. The molecule has 2 aromatic carbocycles. The summed E-state index contributed by atoms with van der Waals surface area (Å²) in [6, 6.07) is 13.8. The highest BCUT2D eigenvalue weighted by atomic mass is 79.9. The molecule has 1 aliphatic heterocycles. The number of halogens is 1. The Hall–Kier alpha value is -1.90. The number of anilines is 1. The first-order valence-electron chi connectivity index (χ1n) is 10.3. The van der Waals surface area contributed by atoms with Gasteiger partial charge in [-0.1, -0.05) is 34.8 Å². The Morgan fingerprint density at radius 1 is 0.967 bits per heavy atom. The summed E-state index contributed by atoms with van der Waals surface area (Å²) in [5, 5.41) is 0. The Morgan fingerprint density at radius 2 is 1.63 bits per heavy atom. The van der Waals surface area contributed by atoms with Crippen LogP contribution in [-0.4, -0.2) is 56.3 Å². The summed E-state index contributed by atoms with van der Waals surface area (Å²) in [5.41, 5.74) is 0.876. The molecule has 1 saturated carbocycles. The van der Waals surface area contributed by atoms with E-state index in [1.54, 1.807) is 36.4 Å². The molecule has 6 nitrogen and oxygen atoms in total. The summed E-state index contributed by atoms with van der Waals surface area (Å²) >= 11 is 3.33. The summed E-state index contributed by atoms with van der Waals surface area (Å²) < 4.78 is 29.0. The highest BCUT2D eigenvalue weighted by Gasteiger charge is 2.28. The van der Waals surface area contributed by atoms with Crippen molar-refractivity contribution in [1.82, 2.24) is 9.80 Å². The number of rotatable bonds is 5. The van der Waals surface area contributed by atoms with Crippen LogP contribution in [0.15, 0.2) is 57.9 Å². The molecule has 2 aromatic rings. The van der Waals surface area contributed by atoms with Crippen LogP contribution in [0.3, 0.4) is 0 Å². The van der Waals surface area contributed by atoms with Gasteiger partial charge in [0.1, 0.15) is 0 Å². The van der Waals surface area contributed by atoms with Crippen LogP contribution in [0, 0.1) is 0 Å². The molecule has 160 valence electrons. The van der Waals surface area contributed by atoms with Gasteiger partial charge < -0.3 is 4.90 Å². The molecule has 8 heteroatoms. The fourth-order valence-corrected chi connectivity index (χ4v) is 5.64. The Bertz CT molecular complexity index is 997. The zero-order valence-electron chi connectivity index (χ0n) is 16.8. The fourth-order valence-electron chi connectivity index (χ4n) is 4.27. The quantitative estimate of drug-likeness (QED) is 0.687. The summed E-state index contributed by atoms with van der Waals surface area (Å²) in [7, 11) is -3.78. The molecule has 1 heterocycles. The van der Waals surface area contributed by atoms with Gasteiger partial charge in [-0.3, -0.25) is 14.4 Å². The zero-order valence-corrected chi connectivity index (χ0v) is 19.2. The molecule has 0 spiro atoms. The molecular weight excluding hydrogens is 466 g/mol. The second-order valence-corrected chi connectivity index (χ2v) is 10.5. The van der Waals surface area contributed by atoms with Crippen LogP contribution >= 0.6 is 15.9 Å². The van der Waals surface area contributed by atoms with Gasteiger partial charge in [0.2, 0.25) is 0 Å². The fraction of sp³-hybridized carbons (Fsp3) is 0.409. The number of hydrogen-bond acceptors (Lipinski definition) is 4. The molecule has 1 N–H and O–H groups in total. The Morgan fingerprint density at radius 3 is 2.30 bits per heavy atom. The molecule has 1 amide bonds. The van der Waals surface area contributed by atoms with Gasteiger partial charge in [0.25, 0.3) is 15.9 Å². The molecule has 2 fully saturated rings. The summed E-state index contributed by atoms with van der Waals surface area (Å²) in [6.45, 7) is 3.14. The molecule has 1 aliphatic carbocycles. The third kappa shape index (κ3) is 4.87. The molecule has 1 saturated heterocycles. The molecule has 0 radical (unpaired) electrons. The maximum atomic E-state index is 13.0. The van der Waals surface area contributed by atoms with Crippen molar-refractivity contribution in [3.8, 4) is 0 Å². The van der Waals surface area contributed by atoms with Gasteiger partial charge in [-0.15, -0.1) is 0 Å². The van der Waals surface area contributed by atoms with E-state index >= 15 is 0 Å². The van der Waals surface area contributed by atoms with Gasteiger partial charge in [-0.25, -0.2) is 8.42 Å². The van der Waals surface area contributed by atoms with Gasteiger partial charge in [0.15, 0.2) is 0 Å². The van der Waals surface area contributed by atoms with Gasteiger partial charge in [-0.05, 0) is 55.3 Å². The smallest absolute Gasteiger partial charge is 0.261 e. The van der Waals surface area contributed by atoms with Crippen LogP contribution < -0.4 is 4.72 Å². The lowest BCUT2D eigenvalue weighted by Crippen LogP contribution is -2.51. The van der Waals surface area contributed by atoms with Crippen LogP contribution in [-0.2, 0) is 10.0 Å². The topological polar surface area (TPSA) is 69.7 Å².